The van der Waals surface area contributed by atoms with Crippen LogP contribution in [0.5, 0.6) is 0 Å². The highest BCUT2D eigenvalue weighted by atomic mass is 35.5. The molecule has 1 aliphatic carbocycles. The van der Waals surface area contributed by atoms with Crippen LogP contribution in [0.25, 0.3) is 11.0 Å². The van der Waals surface area contributed by atoms with Gasteiger partial charge in [0.05, 0.1) is 25.9 Å². The zero-order chi connectivity index (χ0) is 22.2. The average molecular weight is 462 g/mol. The number of anilines is 1. The molecule has 4 N–H and O–H groups in total. The number of non-ortho nitro benzene ring substituents is 1. The van der Waals surface area contributed by atoms with Crippen LogP contribution < -0.4 is 10.6 Å². The number of rotatable bonds is 8. The Hall–Kier alpha value is -3.51. The van der Waals surface area contributed by atoms with Gasteiger partial charge in [-0.3, -0.25) is 10.1 Å². The summed E-state index contributed by atoms with van der Waals surface area (Å²) in [6, 6.07) is 4.83. The van der Waals surface area contributed by atoms with Gasteiger partial charge >= 0.3 is 0 Å². The van der Waals surface area contributed by atoms with Crippen molar-refractivity contribution in [1.82, 2.24) is 20.3 Å². The van der Waals surface area contributed by atoms with Gasteiger partial charge in [-0.2, -0.15) is 9.97 Å². The van der Waals surface area contributed by atoms with Crippen molar-refractivity contribution in [2.24, 2.45) is 0 Å². The third-order valence-corrected chi connectivity index (χ3v) is 6.52. The third kappa shape index (κ3) is 4.20. The van der Waals surface area contributed by atoms with Crippen molar-refractivity contribution in [3.05, 3.63) is 57.5 Å². The smallest absolute Gasteiger partial charge is 0.269 e. The second kappa shape index (κ2) is 7.96. The van der Waals surface area contributed by atoms with Gasteiger partial charge in [0.1, 0.15) is 5.65 Å². The monoisotopic (exact) mass is 461 g/mol. The van der Waals surface area contributed by atoms with Gasteiger partial charge in [0.15, 0.2) is 5.03 Å². The minimum Gasteiger partial charge on any atom is -0.386 e. The maximum atomic E-state index is 13.3. The van der Waals surface area contributed by atoms with Crippen molar-refractivity contribution in [3.63, 3.8) is 0 Å². The zero-order valence-electron chi connectivity index (χ0n) is 15.8. The lowest BCUT2D eigenvalue weighted by atomic mass is 10.3. The molecule has 13 heteroatoms. The number of halogens is 1. The first-order valence-electron chi connectivity index (χ1n) is 9.07. The molecule has 31 heavy (non-hydrogen) atoms. The second-order valence-electron chi connectivity index (χ2n) is 6.78. The maximum Gasteiger partial charge on any atom is 0.269 e. The van der Waals surface area contributed by atoms with E-state index in [0.717, 1.165) is 43.3 Å². The minimum atomic E-state index is -4.19. The number of nitro benzene ring substituents is 1. The molecule has 0 atom stereocenters. The molecule has 4 rings (SSSR count). The molecule has 0 radical (unpaired) electrons. The van der Waals surface area contributed by atoms with Crippen LogP contribution in [0, 0.1) is 15.5 Å². The summed E-state index contributed by atoms with van der Waals surface area (Å²) < 4.78 is 26.6. The van der Waals surface area contributed by atoms with Crippen LogP contribution >= 0.6 is 11.6 Å². The number of hydrogen-bond acceptors (Lipinski definition) is 9. The lowest BCUT2D eigenvalue weighted by molar-refractivity contribution is -0.384. The van der Waals surface area contributed by atoms with Crippen molar-refractivity contribution in [1.29, 1.82) is 5.41 Å². The fourth-order valence-corrected chi connectivity index (χ4v) is 4.46. The van der Waals surface area contributed by atoms with Crippen LogP contribution in [0.3, 0.4) is 0 Å². The lowest BCUT2D eigenvalue weighted by Crippen LogP contribution is -2.14. The van der Waals surface area contributed by atoms with Gasteiger partial charge in [-0.1, -0.05) is 11.6 Å². The van der Waals surface area contributed by atoms with E-state index in [9.17, 15) is 18.5 Å². The van der Waals surface area contributed by atoms with Crippen LogP contribution in [0.2, 0.25) is 5.02 Å². The molecule has 0 bridgehead atoms. The molecule has 11 nitrogen and oxygen atoms in total. The molecule has 0 saturated heterocycles. The third-order valence-electron chi connectivity index (χ3n) is 4.53. The number of fused-ring (bicyclic) bond motifs is 1. The molecule has 0 amide bonds. The molecular formula is C18H16ClN7O4S. The molecule has 2 heterocycles. The van der Waals surface area contributed by atoms with Gasteiger partial charge in [0, 0.05) is 36.8 Å². The molecule has 1 aromatic carbocycles. The number of sulfone groups is 1. The Morgan fingerprint density at radius 3 is 2.61 bits per heavy atom. The molecule has 1 aliphatic rings. The van der Waals surface area contributed by atoms with Crippen molar-refractivity contribution in [3.8, 4) is 0 Å². The normalized spacial score (nSPS) is 14.4. The summed E-state index contributed by atoms with van der Waals surface area (Å²) in [4.78, 5) is 21.3. The SMILES string of the molecule is N=C/C(=C\NC1CC1)Nc1nc(S(=O)(=O)c2ccc([N+](=O)[O-])cc2)c2c(Cl)c[nH]c2n1. The highest BCUT2D eigenvalue weighted by Crippen LogP contribution is 2.32. The van der Waals surface area contributed by atoms with Gasteiger partial charge in [0.25, 0.3) is 5.69 Å². The molecule has 1 saturated carbocycles. The summed E-state index contributed by atoms with van der Waals surface area (Å²) >= 11 is 6.17. The topological polar surface area (TPSA) is 167 Å². The van der Waals surface area contributed by atoms with Gasteiger partial charge in [-0.25, -0.2) is 8.42 Å². The summed E-state index contributed by atoms with van der Waals surface area (Å²) in [5.41, 5.74) is 0.280. The number of nitrogens with zero attached hydrogens (tertiary/aromatic N) is 3. The predicted octanol–water partition coefficient (Wildman–Crippen LogP) is 3.01. The maximum absolute atomic E-state index is 13.3. The predicted molar refractivity (Wildman–Crippen MR) is 114 cm³/mol. The van der Waals surface area contributed by atoms with E-state index < -0.39 is 14.8 Å². The fourth-order valence-electron chi connectivity index (χ4n) is 2.77. The van der Waals surface area contributed by atoms with E-state index in [-0.39, 0.29) is 37.6 Å². The Morgan fingerprint density at radius 2 is 2.00 bits per heavy atom. The number of nitro groups is 1. The largest absolute Gasteiger partial charge is 0.386 e. The van der Waals surface area contributed by atoms with Crippen LogP contribution in [0.1, 0.15) is 12.8 Å². The first kappa shape index (κ1) is 20.8. The minimum absolute atomic E-state index is 0.0566. The van der Waals surface area contributed by atoms with Crippen LogP contribution in [0.15, 0.2) is 52.3 Å². The van der Waals surface area contributed by atoms with Gasteiger partial charge in [0.2, 0.25) is 15.8 Å². The van der Waals surface area contributed by atoms with Crippen molar-refractivity contribution in [2.75, 3.05) is 5.32 Å². The average Bonchev–Trinajstić information content (AvgIpc) is 3.52. The number of aromatic nitrogens is 3. The molecular weight excluding hydrogens is 446 g/mol. The highest BCUT2D eigenvalue weighted by molar-refractivity contribution is 7.91. The summed E-state index contributed by atoms with van der Waals surface area (Å²) in [6.07, 6.45) is 6.13. The number of allylic oxidation sites excluding steroid dienone is 1. The first-order chi connectivity index (χ1) is 14.8. The molecule has 0 unspecified atom stereocenters. The molecule has 0 aliphatic heterocycles. The Kier molecular flexibility index (Phi) is 5.33. The fraction of sp³-hybridized carbons (Fsp3) is 0.167. The molecule has 3 aromatic rings. The van der Waals surface area contributed by atoms with E-state index in [0.29, 0.717) is 11.7 Å². The Morgan fingerprint density at radius 1 is 1.29 bits per heavy atom. The van der Waals surface area contributed by atoms with E-state index >= 15 is 0 Å². The highest BCUT2D eigenvalue weighted by Gasteiger charge is 2.27. The van der Waals surface area contributed by atoms with E-state index in [2.05, 4.69) is 25.6 Å². The lowest BCUT2D eigenvalue weighted by Gasteiger charge is -2.10. The quantitative estimate of drug-likeness (QED) is 0.172. The van der Waals surface area contributed by atoms with Crippen molar-refractivity contribution in [2.45, 2.75) is 28.8 Å². The summed E-state index contributed by atoms with van der Waals surface area (Å²) in [5, 5.41) is 24.2. The Labute approximate surface area is 181 Å². The molecule has 1 fully saturated rings. The number of hydrogen-bond donors (Lipinski definition) is 4. The van der Waals surface area contributed by atoms with Crippen LogP contribution in [0.4, 0.5) is 11.6 Å². The molecule has 2 aromatic heterocycles. The molecule has 0 spiro atoms. The van der Waals surface area contributed by atoms with E-state index in [1.54, 1.807) is 6.20 Å². The Bertz CT molecular complexity index is 1310. The second-order valence-corrected chi connectivity index (χ2v) is 9.05. The zero-order valence-corrected chi connectivity index (χ0v) is 17.4. The van der Waals surface area contributed by atoms with E-state index in [1.807, 2.05) is 0 Å². The van der Waals surface area contributed by atoms with Crippen LogP contribution in [-0.4, -0.2) is 40.5 Å². The van der Waals surface area contributed by atoms with Crippen molar-refractivity contribution >= 4 is 50.3 Å². The summed E-state index contributed by atoms with van der Waals surface area (Å²) in [5.74, 6) is -0.0566. The first-order valence-corrected chi connectivity index (χ1v) is 10.9. The van der Waals surface area contributed by atoms with Gasteiger partial charge < -0.3 is 21.0 Å². The van der Waals surface area contributed by atoms with Crippen molar-refractivity contribution < 1.29 is 13.3 Å². The number of aromatic amines is 1. The number of benzene rings is 1. The van der Waals surface area contributed by atoms with E-state index in [4.69, 9.17) is 17.0 Å². The van der Waals surface area contributed by atoms with Gasteiger partial charge in [-0.15, -0.1) is 0 Å². The summed E-state index contributed by atoms with van der Waals surface area (Å²) in [6.45, 7) is 0. The number of nitrogens with one attached hydrogen (secondary N) is 4. The Balaban J connectivity index is 1.78. The van der Waals surface area contributed by atoms with E-state index in [1.165, 1.54) is 6.20 Å². The molecule has 160 valence electrons. The van der Waals surface area contributed by atoms with Crippen LogP contribution in [-0.2, 0) is 9.84 Å². The summed E-state index contributed by atoms with van der Waals surface area (Å²) in [7, 11) is -4.19. The standard InChI is InChI=1S/C18H16ClN7O4S/c19-14-9-22-16-15(14)17(31(29,30)13-5-3-12(4-6-13)26(27)28)25-18(24-16)23-11(7-20)8-21-10-1-2-10/h3-10,20-21H,1-2H2,(H2,22,23,24,25)/b11-8+,20-7?. The number of H-pyrrole nitrogens is 1. The van der Waals surface area contributed by atoms with Gasteiger partial charge in [-0.05, 0) is 25.0 Å².